The van der Waals surface area contributed by atoms with Crippen LogP contribution in [0.25, 0.3) is 0 Å². The van der Waals surface area contributed by atoms with Crippen LogP contribution in [0.15, 0.2) is 40.8 Å². The summed E-state index contributed by atoms with van der Waals surface area (Å²) in [5.41, 5.74) is 7.70. The highest BCUT2D eigenvalue weighted by molar-refractivity contribution is 5.91. The molecule has 0 saturated heterocycles. The summed E-state index contributed by atoms with van der Waals surface area (Å²) in [6.07, 6.45) is 0. The fourth-order valence-electron chi connectivity index (χ4n) is 1.82. The van der Waals surface area contributed by atoms with E-state index in [0.717, 1.165) is 5.56 Å². The molecule has 0 spiro atoms. The second kappa shape index (κ2) is 5.71. The molecule has 1 unspecified atom stereocenters. The highest BCUT2D eigenvalue weighted by atomic mass is 16.4. The smallest absolute Gasteiger partial charge is 0.287 e. The average Bonchev–Trinajstić information content (AvgIpc) is 2.88. The number of hydrogen-bond acceptors (Lipinski definition) is 3. The van der Waals surface area contributed by atoms with Crippen LogP contribution in [-0.4, -0.2) is 5.91 Å². The number of rotatable bonds is 4. The van der Waals surface area contributed by atoms with Gasteiger partial charge in [-0.3, -0.25) is 4.79 Å². The maximum atomic E-state index is 12.0. The van der Waals surface area contributed by atoms with Crippen LogP contribution in [0.4, 0.5) is 0 Å². The summed E-state index contributed by atoms with van der Waals surface area (Å²) in [7, 11) is 0. The normalized spacial score (nSPS) is 12.2. The molecule has 0 aliphatic rings. The van der Waals surface area contributed by atoms with E-state index in [4.69, 9.17) is 10.2 Å². The molecule has 1 aromatic carbocycles. The van der Waals surface area contributed by atoms with Crippen LogP contribution in [0.5, 0.6) is 0 Å². The van der Waals surface area contributed by atoms with Crippen molar-refractivity contribution >= 4 is 5.91 Å². The van der Waals surface area contributed by atoms with Gasteiger partial charge in [0, 0.05) is 0 Å². The van der Waals surface area contributed by atoms with Crippen LogP contribution in [0.1, 0.15) is 40.4 Å². The van der Waals surface area contributed by atoms with Crippen LogP contribution in [0.2, 0.25) is 0 Å². The van der Waals surface area contributed by atoms with E-state index < -0.39 is 0 Å². The molecule has 0 saturated carbocycles. The van der Waals surface area contributed by atoms with Crippen molar-refractivity contribution < 1.29 is 9.21 Å². The Hall–Kier alpha value is -2.07. The summed E-state index contributed by atoms with van der Waals surface area (Å²) in [5, 5.41) is 2.90. The third kappa shape index (κ3) is 3.23. The first-order chi connectivity index (χ1) is 9.10. The summed E-state index contributed by atoms with van der Waals surface area (Å²) in [5.74, 6) is 0.667. The number of carbonyl (C=O) groups is 1. The fourth-order valence-corrected chi connectivity index (χ4v) is 1.82. The van der Waals surface area contributed by atoms with Crippen molar-refractivity contribution in [2.45, 2.75) is 26.4 Å². The van der Waals surface area contributed by atoms with Gasteiger partial charge < -0.3 is 15.5 Å². The predicted octanol–water partition coefficient (Wildman–Crippen LogP) is 2.54. The molecule has 1 heterocycles. The molecule has 0 aliphatic carbocycles. The number of hydrogen-bond donors (Lipinski definition) is 2. The number of nitrogens with two attached hydrogens (primary N) is 1. The number of amides is 1. The minimum absolute atomic E-state index is 0.0699. The molecule has 19 heavy (non-hydrogen) atoms. The molecule has 4 nitrogen and oxygen atoms in total. The molecule has 2 aromatic rings. The van der Waals surface area contributed by atoms with Gasteiger partial charge in [-0.1, -0.05) is 29.8 Å². The SMILES string of the molecule is Cc1ccc(C(C)NC(=O)c2ccc(CN)o2)cc1. The number of benzene rings is 1. The summed E-state index contributed by atoms with van der Waals surface area (Å²) < 4.78 is 5.31. The lowest BCUT2D eigenvalue weighted by Gasteiger charge is -2.13. The summed E-state index contributed by atoms with van der Waals surface area (Å²) in [6, 6.07) is 11.3. The molecular weight excluding hydrogens is 240 g/mol. The third-order valence-corrected chi connectivity index (χ3v) is 3.01. The Kier molecular flexibility index (Phi) is 4.02. The lowest BCUT2D eigenvalue weighted by Crippen LogP contribution is -2.26. The first kappa shape index (κ1) is 13.4. The van der Waals surface area contributed by atoms with E-state index in [1.54, 1.807) is 12.1 Å². The lowest BCUT2D eigenvalue weighted by atomic mass is 10.1. The first-order valence-corrected chi connectivity index (χ1v) is 6.26. The molecule has 100 valence electrons. The zero-order valence-electron chi connectivity index (χ0n) is 11.1. The van der Waals surface area contributed by atoms with Gasteiger partial charge in [0.25, 0.3) is 5.91 Å². The van der Waals surface area contributed by atoms with Crippen LogP contribution < -0.4 is 11.1 Å². The molecule has 0 aliphatic heterocycles. The second-order valence-electron chi connectivity index (χ2n) is 4.58. The Balaban J connectivity index is 2.04. The van der Waals surface area contributed by atoms with E-state index in [9.17, 15) is 4.79 Å². The van der Waals surface area contributed by atoms with E-state index >= 15 is 0 Å². The van der Waals surface area contributed by atoms with Crippen molar-refractivity contribution in [2.75, 3.05) is 0 Å². The van der Waals surface area contributed by atoms with Crippen LogP contribution in [0.3, 0.4) is 0 Å². The van der Waals surface area contributed by atoms with Crippen molar-refractivity contribution in [1.29, 1.82) is 0 Å². The van der Waals surface area contributed by atoms with Gasteiger partial charge in [-0.15, -0.1) is 0 Å². The fraction of sp³-hybridized carbons (Fsp3) is 0.267. The highest BCUT2D eigenvalue weighted by Crippen LogP contribution is 2.14. The molecule has 2 rings (SSSR count). The molecule has 0 bridgehead atoms. The van der Waals surface area contributed by atoms with Gasteiger partial charge >= 0.3 is 0 Å². The van der Waals surface area contributed by atoms with Gasteiger partial charge in [0.05, 0.1) is 12.6 Å². The standard InChI is InChI=1S/C15H18N2O2/c1-10-3-5-12(6-4-10)11(2)17-15(18)14-8-7-13(9-16)19-14/h3-8,11H,9,16H2,1-2H3,(H,17,18). The highest BCUT2D eigenvalue weighted by Gasteiger charge is 2.14. The summed E-state index contributed by atoms with van der Waals surface area (Å²) in [6.45, 7) is 4.26. The van der Waals surface area contributed by atoms with E-state index in [1.165, 1.54) is 5.56 Å². The minimum atomic E-state index is -0.229. The zero-order chi connectivity index (χ0) is 13.8. The maximum absolute atomic E-state index is 12.0. The van der Waals surface area contributed by atoms with Gasteiger partial charge in [0.2, 0.25) is 0 Å². The molecule has 1 amide bonds. The number of aryl methyl sites for hydroxylation is 1. The van der Waals surface area contributed by atoms with E-state index in [2.05, 4.69) is 5.32 Å². The van der Waals surface area contributed by atoms with Gasteiger partial charge in [-0.05, 0) is 31.5 Å². The minimum Gasteiger partial charge on any atom is -0.455 e. The van der Waals surface area contributed by atoms with Crippen molar-refractivity contribution in [2.24, 2.45) is 5.73 Å². The third-order valence-electron chi connectivity index (χ3n) is 3.01. The average molecular weight is 258 g/mol. The molecule has 3 N–H and O–H groups in total. The Bertz CT molecular complexity index is 558. The topological polar surface area (TPSA) is 68.3 Å². The molecule has 0 radical (unpaired) electrons. The van der Waals surface area contributed by atoms with Gasteiger partial charge in [-0.25, -0.2) is 0 Å². The Morgan fingerprint density at radius 2 is 1.95 bits per heavy atom. The molecule has 1 atom stereocenters. The molecular formula is C15H18N2O2. The van der Waals surface area contributed by atoms with E-state index in [-0.39, 0.29) is 11.9 Å². The first-order valence-electron chi connectivity index (χ1n) is 6.26. The lowest BCUT2D eigenvalue weighted by molar-refractivity contribution is 0.0910. The number of furan rings is 1. The van der Waals surface area contributed by atoms with E-state index in [1.807, 2.05) is 38.1 Å². The van der Waals surface area contributed by atoms with Crippen LogP contribution in [0, 0.1) is 6.92 Å². The van der Waals surface area contributed by atoms with Crippen molar-refractivity contribution in [3.8, 4) is 0 Å². The van der Waals surface area contributed by atoms with Crippen molar-refractivity contribution in [1.82, 2.24) is 5.32 Å². The monoisotopic (exact) mass is 258 g/mol. The number of carbonyl (C=O) groups excluding carboxylic acids is 1. The maximum Gasteiger partial charge on any atom is 0.287 e. The molecule has 0 fully saturated rings. The summed E-state index contributed by atoms with van der Waals surface area (Å²) >= 11 is 0. The van der Waals surface area contributed by atoms with Gasteiger partial charge in [0.15, 0.2) is 5.76 Å². The van der Waals surface area contributed by atoms with Gasteiger partial charge in [0.1, 0.15) is 5.76 Å². The zero-order valence-corrected chi connectivity index (χ0v) is 11.1. The van der Waals surface area contributed by atoms with Crippen molar-refractivity contribution in [3.05, 3.63) is 59.0 Å². The Morgan fingerprint density at radius 1 is 1.26 bits per heavy atom. The van der Waals surface area contributed by atoms with E-state index in [0.29, 0.717) is 18.1 Å². The quantitative estimate of drug-likeness (QED) is 0.885. The molecule has 4 heteroatoms. The Labute approximate surface area is 112 Å². The number of nitrogens with one attached hydrogen (secondary N) is 1. The van der Waals surface area contributed by atoms with Crippen LogP contribution in [-0.2, 0) is 6.54 Å². The molecule has 1 aromatic heterocycles. The second-order valence-corrected chi connectivity index (χ2v) is 4.58. The van der Waals surface area contributed by atoms with Crippen LogP contribution >= 0.6 is 0 Å². The Morgan fingerprint density at radius 3 is 2.53 bits per heavy atom. The predicted molar refractivity (Wildman–Crippen MR) is 73.7 cm³/mol. The summed E-state index contributed by atoms with van der Waals surface area (Å²) in [4.78, 5) is 12.0. The largest absolute Gasteiger partial charge is 0.455 e. The van der Waals surface area contributed by atoms with Crippen molar-refractivity contribution in [3.63, 3.8) is 0 Å². The van der Waals surface area contributed by atoms with Gasteiger partial charge in [-0.2, -0.15) is 0 Å².